The van der Waals surface area contributed by atoms with Gasteiger partial charge in [0.05, 0.1) is 0 Å². The Morgan fingerprint density at radius 1 is 1.20 bits per heavy atom. The van der Waals surface area contributed by atoms with Gasteiger partial charge in [-0.2, -0.15) is 0 Å². The van der Waals surface area contributed by atoms with Gasteiger partial charge in [0, 0.05) is 50.6 Å². The van der Waals surface area contributed by atoms with Crippen molar-refractivity contribution in [2.24, 2.45) is 0 Å². The van der Waals surface area contributed by atoms with E-state index in [1.54, 1.807) is 0 Å². The van der Waals surface area contributed by atoms with Crippen molar-refractivity contribution in [2.75, 3.05) is 0 Å². The van der Waals surface area contributed by atoms with Crippen molar-refractivity contribution in [1.82, 2.24) is 0 Å². The molecule has 0 aromatic carbocycles. The summed E-state index contributed by atoms with van der Waals surface area (Å²) in [6.07, 6.45) is 0. The first-order valence-corrected chi connectivity index (χ1v) is 0.224. The van der Waals surface area contributed by atoms with Gasteiger partial charge >= 0.3 is 0 Å². The Morgan fingerprint density at radius 2 is 1.20 bits per heavy atom. The molecule has 4 heteroatoms. The summed E-state index contributed by atoms with van der Waals surface area (Å²) in [6.45, 7) is 4.75. The maximum atomic E-state index is 6.25. The smallest absolute Gasteiger partial charge is 0 e. The summed E-state index contributed by atoms with van der Waals surface area (Å²) in [5, 5.41) is 6.25. The van der Waals surface area contributed by atoms with E-state index in [1.165, 1.54) is 0 Å². The van der Waals surface area contributed by atoms with Gasteiger partial charge in [-0.05, 0) is 0 Å². The van der Waals surface area contributed by atoms with Gasteiger partial charge in [-0.15, -0.1) is 0 Å². The standard InChI is InChI=1S/CN.Cu.Fe.Ni/c1-2;;;/q-1;;;. The molecule has 0 heterocycles. The normalized spacial score (nSPS) is 0.400. The Morgan fingerprint density at radius 3 is 1.20 bits per heavy atom. The third-order valence-electron chi connectivity index (χ3n) is 0. The van der Waals surface area contributed by atoms with Crippen LogP contribution in [-0.4, -0.2) is 0 Å². The molecule has 0 saturated heterocycles. The second kappa shape index (κ2) is 77.7. The van der Waals surface area contributed by atoms with Gasteiger partial charge in [0.15, 0.2) is 0 Å². The zero-order valence-corrected chi connectivity index (χ0v) is 4.95. The van der Waals surface area contributed by atoms with E-state index in [1.807, 2.05) is 0 Å². The predicted octanol–water partition coefficient (Wildman–Crippen LogP) is 0.0889. The molecule has 0 fully saturated rings. The number of nitrogens with zero attached hydrogens (tertiary/aromatic N) is 1. The van der Waals surface area contributed by atoms with Crippen molar-refractivity contribution >= 4 is 0 Å². The molecule has 0 atom stereocenters. The van der Waals surface area contributed by atoms with Crippen LogP contribution in [0.25, 0.3) is 0 Å². The Bertz CT molecular complexity index is 16.4. The molecule has 0 bridgehead atoms. The van der Waals surface area contributed by atoms with E-state index in [0.29, 0.717) is 0 Å². The number of rotatable bonds is 0. The Kier molecular flexibility index (Phi) is 577. The van der Waals surface area contributed by atoms with Crippen LogP contribution in [0.3, 0.4) is 0 Å². The molecule has 1 nitrogen and oxygen atoms in total. The third kappa shape index (κ3) is 43.9. The fraction of sp³-hybridized carbons (Fsp3) is 0. The first kappa shape index (κ1) is 37.1. The van der Waals surface area contributed by atoms with Crippen LogP contribution in [0.5, 0.6) is 0 Å². The molecule has 0 N–H and O–H groups in total. The maximum absolute atomic E-state index is 6.25. The minimum Gasteiger partial charge on any atom is -0.512 e. The van der Waals surface area contributed by atoms with Gasteiger partial charge in [-0.25, -0.2) is 0 Å². The molecule has 39 valence electrons. The first-order chi connectivity index (χ1) is 1.00. The van der Waals surface area contributed by atoms with Crippen LogP contribution in [0.15, 0.2) is 0 Å². The van der Waals surface area contributed by atoms with E-state index in [-0.39, 0.29) is 50.6 Å². The molecule has 0 amide bonds. The number of hydrogen-bond acceptors (Lipinski definition) is 1. The third-order valence-corrected chi connectivity index (χ3v) is 0. The van der Waals surface area contributed by atoms with Crippen LogP contribution < -0.4 is 0 Å². The van der Waals surface area contributed by atoms with Crippen LogP contribution in [0.2, 0.25) is 0 Å². The second-order valence-corrected chi connectivity index (χ2v) is 0. The van der Waals surface area contributed by atoms with Crippen molar-refractivity contribution in [3.05, 3.63) is 6.57 Å². The van der Waals surface area contributed by atoms with Gasteiger partial charge in [-0.3, -0.25) is 0 Å². The Labute approximate surface area is 62.4 Å². The minimum atomic E-state index is 0. The molecular formula is CCuFeNNi-. The van der Waals surface area contributed by atoms with E-state index in [9.17, 15) is 0 Å². The zero-order valence-electron chi connectivity index (χ0n) is 1.92. The van der Waals surface area contributed by atoms with Crippen LogP contribution in [0.4, 0.5) is 0 Å². The summed E-state index contributed by atoms with van der Waals surface area (Å²) < 4.78 is 0. The predicted molar refractivity (Wildman–Crippen MR) is 4.97 cm³/mol. The van der Waals surface area contributed by atoms with E-state index in [2.05, 4.69) is 0 Å². The molecular weight excluding hydrogens is 204 g/mol. The SMILES string of the molecule is [C-]#N.[Cu].[Fe].[Ni]. The molecule has 0 unspecified atom stereocenters. The van der Waals surface area contributed by atoms with Crippen molar-refractivity contribution in [2.45, 2.75) is 0 Å². The number of hydrogen-bond donors (Lipinski definition) is 0. The van der Waals surface area contributed by atoms with E-state index < -0.39 is 0 Å². The average molecular weight is 204 g/mol. The van der Waals surface area contributed by atoms with E-state index in [0.717, 1.165) is 0 Å². The fourth-order valence-electron chi connectivity index (χ4n) is 0. The molecule has 0 aliphatic heterocycles. The summed E-state index contributed by atoms with van der Waals surface area (Å²) >= 11 is 0. The van der Waals surface area contributed by atoms with Crippen LogP contribution in [0.1, 0.15) is 0 Å². The molecule has 0 aromatic heterocycles. The quantitative estimate of drug-likeness (QED) is 0.405. The molecule has 0 aliphatic carbocycles. The molecule has 5 heavy (non-hydrogen) atoms. The van der Waals surface area contributed by atoms with Crippen molar-refractivity contribution in [3.8, 4) is 0 Å². The molecule has 0 rings (SSSR count). The average Bonchev–Trinajstić information content (AvgIpc) is 1.00. The van der Waals surface area contributed by atoms with Gasteiger partial charge in [0.1, 0.15) is 0 Å². The summed E-state index contributed by atoms with van der Waals surface area (Å²) in [4.78, 5) is 0. The minimum absolute atomic E-state index is 0. The zero-order chi connectivity index (χ0) is 2.00. The summed E-state index contributed by atoms with van der Waals surface area (Å²) in [7, 11) is 0. The molecule has 0 aromatic rings. The van der Waals surface area contributed by atoms with Crippen molar-refractivity contribution in [1.29, 1.82) is 5.26 Å². The van der Waals surface area contributed by atoms with Crippen LogP contribution in [0, 0.1) is 11.8 Å². The monoisotopic (exact) mass is 203 g/mol. The van der Waals surface area contributed by atoms with Crippen LogP contribution >= 0.6 is 0 Å². The van der Waals surface area contributed by atoms with Gasteiger partial charge in [-0.1, -0.05) is 0 Å². The topological polar surface area (TPSA) is 23.8 Å². The van der Waals surface area contributed by atoms with E-state index >= 15 is 0 Å². The molecule has 0 aliphatic rings. The van der Waals surface area contributed by atoms with Gasteiger partial charge in [0.25, 0.3) is 0 Å². The molecule has 1 radical (unpaired) electrons. The molecule has 0 spiro atoms. The summed E-state index contributed by atoms with van der Waals surface area (Å²) in [5.74, 6) is 0. The Balaban J connectivity index is -0.00000000167. The van der Waals surface area contributed by atoms with Gasteiger partial charge in [0.2, 0.25) is 0 Å². The van der Waals surface area contributed by atoms with Crippen molar-refractivity contribution < 1.29 is 50.6 Å². The molecule has 0 saturated carbocycles. The Hall–Kier alpha value is 1.02. The largest absolute Gasteiger partial charge is 0.512 e. The van der Waals surface area contributed by atoms with Gasteiger partial charge < -0.3 is 11.8 Å². The van der Waals surface area contributed by atoms with Crippen LogP contribution in [-0.2, 0) is 50.6 Å². The first-order valence-electron chi connectivity index (χ1n) is 0.224. The van der Waals surface area contributed by atoms with Crippen molar-refractivity contribution in [3.63, 3.8) is 0 Å². The second-order valence-electron chi connectivity index (χ2n) is 0. The fourth-order valence-corrected chi connectivity index (χ4v) is 0. The summed E-state index contributed by atoms with van der Waals surface area (Å²) in [5.41, 5.74) is 0. The summed E-state index contributed by atoms with van der Waals surface area (Å²) in [6, 6.07) is 0. The maximum Gasteiger partial charge on any atom is 0 e. The van der Waals surface area contributed by atoms with E-state index in [4.69, 9.17) is 11.8 Å².